The fourth-order valence-electron chi connectivity index (χ4n) is 0.945. The summed E-state index contributed by atoms with van der Waals surface area (Å²) >= 11 is 0. The van der Waals surface area contributed by atoms with Crippen molar-refractivity contribution in [2.45, 2.75) is 53.9 Å². The second-order valence-corrected chi connectivity index (χ2v) is 2.00. The quantitative estimate of drug-likeness (QED) is 0.474. The molecule has 0 heteroatoms. The zero-order valence-corrected chi connectivity index (χ0v) is 9.20. The van der Waals surface area contributed by atoms with Crippen LogP contribution in [0.1, 0.15) is 53.9 Å². The van der Waals surface area contributed by atoms with E-state index < -0.39 is 0 Å². The molecule has 0 saturated heterocycles. The highest BCUT2D eigenvalue weighted by Crippen LogP contribution is 2.15. The number of rotatable bonds is 0. The van der Waals surface area contributed by atoms with Crippen molar-refractivity contribution in [1.29, 1.82) is 0 Å². The van der Waals surface area contributed by atoms with Crippen LogP contribution in [0.2, 0.25) is 0 Å². The Balaban J connectivity index is 0. The lowest BCUT2D eigenvalue weighted by molar-refractivity contribution is 0.919. The molecule has 0 heterocycles. The van der Waals surface area contributed by atoms with Crippen molar-refractivity contribution < 1.29 is 0 Å². The zero-order chi connectivity index (χ0) is 9.82. The minimum Gasteiger partial charge on any atom is -0.102 e. The standard InChI is InChI=1S/C8H10.2C2H6/c1-2-5-8-6-3-4-7-8;2*1-2/h6H,3-4,7H2,1H3;2*1-2H3. The average Bonchev–Trinajstić information content (AvgIpc) is 2.65. The molecule has 0 atom stereocenters. The zero-order valence-electron chi connectivity index (χ0n) is 9.20. The molecule has 1 aliphatic carbocycles. The van der Waals surface area contributed by atoms with Gasteiger partial charge in [0.25, 0.3) is 0 Å². The monoisotopic (exact) mass is 166 g/mol. The third kappa shape index (κ3) is 7.41. The van der Waals surface area contributed by atoms with Gasteiger partial charge in [-0.2, -0.15) is 0 Å². The molecule has 1 rings (SSSR count). The Kier molecular flexibility index (Phi) is 14.9. The molecule has 0 aromatic heterocycles. The molecular formula is C12H22. The third-order valence-electron chi connectivity index (χ3n) is 1.33. The average molecular weight is 166 g/mol. The molecule has 0 spiro atoms. The third-order valence-corrected chi connectivity index (χ3v) is 1.33. The summed E-state index contributed by atoms with van der Waals surface area (Å²) in [5.74, 6) is 5.95. The molecule has 0 saturated carbocycles. The van der Waals surface area contributed by atoms with Gasteiger partial charge < -0.3 is 0 Å². The molecule has 70 valence electrons. The summed E-state index contributed by atoms with van der Waals surface area (Å²) < 4.78 is 0. The van der Waals surface area contributed by atoms with Crippen LogP contribution in [-0.4, -0.2) is 0 Å². The Bertz CT molecular complexity index is 153. The molecule has 0 fully saturated rings. The van der Waals surface area contributed by atoms with Crippen molar-refractivity contribution in [1.82, 2.24) is 0 Å². The first-order valence-corrected chi connectivity index (χ1v) is 5.05. The van der Waals surface area contributed by atoms with Crippen LogP contribution in [-0.2, 0) is 0 Å². The van der Waals surface area contributed by atoms with Crippen molar-refractivity contribution in [3.8, 4) is 11.8 Å². The van der Waals surface area contributed by atoms with E-state index in [-0.39, 0.29) is 0 Å². The Labute approximate surface area is 78.1 Å². The second-order valence-electron chi connectivity index (χ2n) is 2.00. The van der Waals surface area contributed by atoms with Crippen LogP contribution in [0.4, 0.5) is 0 Å². The highest BCUT2D eigenvalue weighted by Gasteiger charge is 1.98. The van der Waals surface area contributed by atoms with Crippen LogP contribution in [0.25, 0.3) is 0 Å². The first kappa shape index (κ1) is 13.9. The summed E-state index contributed by atoms with van der Waals surface area (Å²) in [5, 5.41) is 0. The van der Waals surface area contributed by atoms with Crippen LogP contribution in [0.15, 0.2) is 11.6 Å². The summed E-state index contributed by atoms with van der Waals surface area (Å²) in [4.78, 5) is 0. The fourth-order valence-corrected chi connectivity index (χ4v) is 0.945. The first-order valence-electron chi connectivity index (χ1n) is 5.05. The van der Waals surface area contributed by atoms with Crippen molar-refractivity contribution in [2.24, 2.45) is 0 Å². The molecule has 0 unspecified atom stereocenters. The molecule has 0 amide bonds. The summed E-state index contributed by atoms with van der Waals surface area (Å²) in [6.45, 7) is 9.89. The van der Waals surface area contributed by atoms with E-state index in [9.17, 15) is 0 Å². The van der Waals surface area contributed by atoms with E-state index in [1.165, 1.54) is 24.8 Å². The van der Waals surface area contributed by atoms with Crippen LogP contribution in [0, 0.1) is 11.8 Å². The van der Waals surface area contributed by atoms with Crippen LogP contribution in [0.5, 0.6) is 0 Å². The Morgan fingerprint density at radius 3 is 2.08 bits per heavy atom. The van der Waals surface area contributed by atoms with Gasteiger partial charge in [-0.3, -0.25) is 0 Å². The lowest BCUT2D eigenvalue weighted by Gasteiger charge is -1.81. The van der Waals surface area contributed by atoms with Gasteiger partial charge >= 0.3 is 0 Å². The van der Waals surface area contributed by atoms with Crippen molar-refractivity contribution in [3.05, 3.63) is 11.6 Å². The Morgan fingerprint density at radius 1 is 1.17 bits per heavy atom. The van der Waals surface area contributed by atoms with Gasteiger partial charge in [-0.15, -0.1) is 5.92 Å². The van der Waals surface area contributed by atoms with E-state index in [0.29, 0.717) is 0 Å². The first-order chi connectivity index (χ1) is 5.93. The summed E-state index contributed by atoms with van der Waals surface area (Å²) in [7, 11) is 0. The topological polar surface area (TPSA) is 0 Å². The van der Waals surface area contributed by atoms with Gasteiger partial charge in [-0.05, 0) is 31.8 Å². The molecule has 0 nitrogen and oxygen atoms in total. The largest absolute Gasteiger partial charge is 0.102 e. The number of hydrogen-bond donors (Lipinski definition) is 0. The van der Waals surface area contributed by atoms with E-state index in [1.807, 2.05) is 34.6 Å². The number of allylic oxidation sites excluding steroid dienone is 2. The van der Waals surface area contributed by atoms with Gasteiger partial charge in [0.05, 0.1) is 0 Å². The van der Waals surface area contributed by atoms with Gasteiger partial charge in [0, 0.05) is 0 Å². The Morgan fingerprint density at radius 2 is 1.75 bits per heavy atom. The van der Waals surface area contributed by atoms with E-state index >= 15 is 0 Å². The molecule has 0 N–H and O–H groups in total. The van der Waals surface area contributed by atoms with Crippen molar-refractivity contribution in [3.63, 3.8) is 0 Å². The number of hydrogen-bond acceptors (Lipinski definition) is 0. The molecule has 0 aliphatic heterocycles. The lowest BCUT2D eigenvalue weighted by Crippen LogP contribution is -1.66. The maximum atomic E-state index is 3.06. The molecule has 0 bridgehead atoms. The molecule has 12 heavy (non-hydrogen) atoms. The van der Waals surface area contributed by atoms with Gasteiger partial charge in [-0.1, -0.05) is 39.7 Å². The summed E-state index contributed by atoms with van der Waals surface area (Å²) in [6, 6.07) is 0. The van der Waals surface area contributed by atoms with Crippen LogP contribution >= 0.6 is 0 Å². The SMILES string of the molecule is CC.CC.CC#CC1=CCCC1. The predicted molar refractivity (Wildman–Crippen MR) is 58.1 cm³/mol. The maximum absolute atomic E-state index is 3.06. The van der Waals surface area contributed by atoms with Crippen LogP contribution < -0.4 is 0 Å². The van der Waals surface area contributed by atoms with Gasteiger partial charge in [0.15, 0.2) is 0 Å². The smallest absolute Gasteiger partial charge is 0.00196 e. The fraction of sp³-hybridized carbons (Fsp3) is 0.667. The molecule has 0 radical (unpaired) electrons. The molecular weight excluding hydrogens is 144 g/mol. The van der Waals surface area contributed by atoms with E-state index in [0.717, 1.165) is 0 Å². The molecule has 0 aromatic rings. The van der Waals surface area contributed by atoms with E-state index in [4.69, 9.17) is 0 Å². The minimum atomic E-state index is 1.21. The highest BCUT2D eigenvalue weighted by molar-refractivity contribution is 5.29. The lowest BCUT2D eigenvalue weighted by atomic mass is 10.2. The predicted octanol–water partition coefficient (Wildman–Crippen LogP) is 4.17. The van der Waals surface area contributed by atoms with E-state index in [2.05, 4.69) is 17.9 Å². The summed E-state index contributed by atoms with van der Waals surface area (Å²) in [6.07, 6.45) is 5.99. The highest BCUT2D eigenvalue weighted by atomic mass is 14.0. The van der Waals surface area contributed by atoms with E-state index in [1.54, 1.807) is 0 Å². The van der Waals surface area contributed by atoms with Crippen molar-refractivity contribution >= 4 is 0 Å². The molecule has 0 aromatic carbocycles. The second kappa shape index (κ2) is 12.9. The summed E-state index contributed by atoms with van der Waals surface area (Å²) in [5.41, 5.74) is 1.34. The van der Waals surface area contributed by atoms with Crippen molar-refractivity contribution in [2.75, 3.05) is 0 Å². The maximum Gasteiger partial charge on any atom is -0.00196 e. The Hall–Kier alpha value is -0.700. The van der Waals surface area contributed by atoms with Crippen LogP contribution in [0.3, 0.4) is 0 Å². The normalized spacial score (nSPS) is 12.2. The molecule has 1 aliphatic rings. The minimum absolute atomic E-state index is 1.21. The van der Waals surface area contributed by atoms with Gasteiger partial charge in [0.2, 0.25) is 0 Å². The van der Waals surface area contributed by atoms with Gasteiger partial charge in [-0.25, -0.2) is 0 Å². The van der Waals surface area contributed by atoms with Gasteiger partial charge in [0.1, 0.15) is 0 Å².